The van der Waals surface area contributed by atoms with Gasteiger partial charge < -0.3 is 9.80 Å². The summed E-state index contributed by atoms with van der Waals surface area (Å²) in [5.41, 5.74) is 1.15. The fourth-order valence-electron chi connectivity index (χ4n) is 3.82. The molecule has 0 amide bonds. The highest BCUT2D eigenvalue weighted by Gasteiger charge is 2.27. The molecule has 0 aliphatic carbocycles. The summed E-state index contributed by atoms with van der Waals surface area (Å²) in [5.74, 6) is -0.152. The first-order valence-electron chi connectivity index (χ1n) is 8.73. The summed E-state index contributed by atoms with van der Waals surface area (Å²) < 4.78 is 13.0. The molecule has 0 atom stereocenters. The maximum atomic E-state index is 13.0. The fourth-order valence-corrected chi connectivity index (χ4v) is 3.82. The Morgan fingerprint density at radius 2 is 1.59 bits per heavy atom. The van der Waals surface area contributed by atoms with Gasteiger partial charge in [-0.1, -0.05) is 6.92 Å². The number of piperazine rings is 1. The van der Waals surface area contributed by atoms with Crippen molar-refractivity contribution in [1.29, 1.82) is 0 Å². The van der Waals surface area contributed by atoms with E-state index in [0.29, 0.717) is 0 Å². The van der Waals surface area contributed by atoms with E-state index in [0.717, 1.165) is 37.9 Å². The van der Waals surface area contributed by atoms with Crippen LogP contribution in [0.2, 0.25) is 0 Å². The van der Waals surface area contributed by atoms with Gasteiger partial charge in [-0.05, 0) is 63.2 Å². The average molecular weight is 305 g/mol. The van der Waals surface area contributed by atoms with Crippen LogP contribution in [-0.2, 0) is 0 Å². The zero-order valence-electron chi connectivity index (χ0n) is 13.7. The summed E-state index contributed by atoms with van der Waals surface area (Å²) in [6, 6.07) is 7.68. The number of likely N-dealkylation sites (tertiary alicyclic amines) is 1. The topological polar surface area (TPSA) is 9.72 Å². The Morgan fingerprint density at radius 1 is 0.955 bits per heavy atom. The van der Waals surface area contributed by atoms with Gasteiger partial charge in [0.1, 0.15) is 5.82 Å². The highest BCUT2D eigenvalue weighted by Crippen LogP contribution is 2.21. The fraction of sp³-hybridized carbons (Fsp3) is 0.667. The molecule has 2 aliphatic heterocycles. The van der Waals surface area contributed by atoms with Crippen LogP contribution in [0.3, 0.4) is 0 Å². The Morgan fingerprint density at radius 3 is 2.18 bits per heavy atom. The number of halogens is 1. The molecule has 3 nitrogen and oxygen atoms in total. The molecule has 0 aromatic heterocycles. The van der Waals surface area contributed by atoms with Gasteiger partial charge in [-0.25, -0.2) is 4.39 Å². The van der Waals surface area contributed by atoms with Crippen LogP contribution in [0.5, 0.6) is 0 Å². The maximum Gasteiger partial charge on any atom is 0.123 e. The smallest absolute Gasteiger partial charge is 0.123 e. The van der Waals surface area contributed by atoms with Gasteiger partial charge in [0.05, 0.1) is 0 Å². The van der Waals surface area contributed by atoms with Crippen molar-refractivity contribution < 1.29 is 4.39 Å². The molecule has 1 aromatic carbocycles. The lowest BCUT2D eigenvalue weighted by molar-refractivity contribution is 0.103. The van der Waals surface area contributed by atoms with E-state index >= 15 is 0 Å². The predicted octanol–water partition coefficient (Wildman–Crippen LogP) is 2.82. The first-order chi connectivity index (χ1) is 10.8. The zero-order valence-corrected chi connectivity index (χ0v) is 13.7. The number of piperidine rings is 1. The molecule has 3 rings (SSSR count). The molecule has 1 aromatic rings. The molecular formula is C18H28FN3. The van der Waals surface area contributed by atoms with Crippen LogP contribution in [-0.4, -0.2) is 61.7 Å². The van der Waals surface area contributed by atoms with Gasteiger partial charge >= 0.3 is 0 Å². The van der Waals surface area contributed by atoms with Crippen LogP contribution in [0.15, 0.2) is 24.3 Å². The maximum absolute atomic E-state index is 13.0. The second-order valence-electron chi connectivity index (χ2n) is 6.57. The Balaban J connectivity index is 1.47. The van der Waals surface area contributed by atoms with Crippen molar-refractivity contribution in [1.82, 2.24) is 9.80 Å². The molecule has 2 aliphatic rings. The first-order valence-corrected chi connectivity index (χ1v) is 8.73. The molecule has 122 valence electrons. The van der Waals surface area contributed by atoms with E-state index in [-0.39, 0.29) is 5.82 Å². The number of rotatable bonds is 4. The Kier molecular flexibility index (Phi) is 5.32. The van der Waals surface area contributed by atoms with E-state index in [1.165, 1.54) is 38.9 Å². The molecular weight excluding hydrogens is 277 g/mol. The summed E-state index contributed by atoms with van der Waals surface area (Å²) in [7, 11) is 0. The van der Waals surface area contributed by atoms with Gasteiger partial charge in [0.15, 0.2) is 0 Å². The first kappa shape index (κ1) is 15.8. The standard InChI is InChI=1S/C18H28FN3/c1-2-9-20-10-7-18(8-11-20)22-14-12-21(13-15-22)17-5-3-16(19)4-6-17/h3-6,18H,2,7-15H2,1H3. The van der Waals surface area contributed by atoms with Crippen LogP contribution < -0.4 is 4.90 Å². The summed E-state index contributed by atoms with van der Waals surface area (Å²) >= 11 is 0. The minimum atomic E-state index is -0.152. The van der Waals surface area contributed by atoms with Crippen molar-refractivity contribution in [2.24, 2.45) is 0 Å². The number of nitrogens with zero attached hydrogens (tertiary/aromatic N) is 3. The lowest BCUT2D eigenvalue weighted by atomic mass is 10.0. The van der Waals surface area contributed by atoms with Crippen molar-refractivity contribution in [2.45, 2.75) is 32.2 Å². The van der Waals surface area contributed by atoms with Crippen molar-refractivity contribution in [3.05, 3.63) is 30.1 Å². The van der Waals surface area contributed by atoms with E-state index in [9.17, 15) is 4.39 Å². The number of hydrogen-bond acceptors (Lipinski definition) is 3. The highest BCUT2D eigenvalue weighted by molar-refractivity contribution is 5.46. The average Bonchev–Trinajstić information content (AvgIpc) is 2.57. The third kappa shape index (κ3) is 3.79. The normalized spacial score (nSPS) is 22.2. The zero-order chi connectivity index (χ0) is 15.4. The quantitative estimate of drug-likeness (QED) is 0.847. The Hall–Kier alpha value is -1.13. The Labute approximate surface area is 133 Å². The molecule has 0 spiro atoms. The van der Waals surface area contributed by atoms with Gasteiger partial charge in [0, 0.05) is 37.9 Å². The molecule has 0 saturated carbocycles. The lowest BCUT2D eigenvalue weighted by Gasteiger charge is -2.43. The minimum absolute atomic E-state index is 0.152. The largest absolute Gasteiger partial charge is 0.369 e. The van der Waals surface area contributed by atoms with E-state index in [1.807, 2.05) is 12.1 Å². The van der Waals surface area contributed by atoms with E-state index in [4.69, 9.17) is 0 Å². The monoisotopic (exact) mass is 305 g/mol. The SMILES string of the molecule is CCCN1CCC(N2CCN(c3ccc(F)cc3)CC2)CC1. The van der Waals surface area contributed by atoms with Gasteiger partial charge in [0.25, 0.3) is 0 Å². The molecule has 4 heteroatoms. The minimum Gasteiger partial charge on any atom is -0.369 e. The molecule has 0 unspecified atom stereocenters. The highest BCUT2D eigenvalue weighted by atomic mass is 19.1. The number of hydrogen-bond donors (Lipinski definition) is 0. The Bertz CT molecular complexity index is 446. The molecule has 2 heterocycles. The third-order valence-electron chi connectivity index (χ3n) is 5.12. The predicted molar refractivity (Wildman–Crippen MR) is 89.9 cm³/mol. The van der Waals surface area contributed by atoms with Crippen LogP contribution >= 0.6 is 0 Å². The van der Waals surface area contributed by atoms with E-state index < -0.39 is 0 Å². The van der Waals surface area contributed by atoms with Gasteiger partial charge in [-0.2, -0.15) is 0 Å². The molecule has 22 heavy (non-hydrogen) atoms. The second-order valence-corrected chi connectivity index (χ2v) is 6.57. The van der Waals surface area contributed by atoms with Crippen LogP contribution in [0.25, 0.3) is 0 Å². The van der Waals surface area contributed by atoms with Crippen LogP contribution in [0.1, 0.15) is 26.2 Å². The van der Waals surface area contributed by atoms with Crippen molar-refractivity contribution >= 4 is 5.69 Å². The molecule has 2 fully saturated rings. The van der Waals surface area contributed by atoms with Crippen molar-refractivity contribution in [3.63, 3.8) is 0 Å². The molecule has 0 N–H and O–H groups in total. The molecule has 2 saturated heterocycles. The van der Waals surface area contributed by atoms with Gasteiger partial charge in [-0.15, -0.1) is 0 Å². The summed E-state index contributed by atoms with van der Waals surface area (Å²) in [6.45, 7) is 10.4. The number of anilines is 1. The summed E-state index contributed by atoms with van der Waals surface area (Å²) in [4.78, 5) is 7.65. The van der Waals surface area contributed by atoms with Gasteiger partial charge in [-0.3, -0.25) is 4.90 Å². The van der Waals surface area contributed by atoms with Crippen LogP contribution in [0.4, 0.5) is 10.1 Å². The van der Waals surface area contributed by atoms with Crippen LogP contribution in [0, 0.1) is 5.82 Å². The summed E-state index contributed by atoms with van der Waals surface area (Å²) in [5, 5.41) is 0. The van der Waals surface area contributed by atoms with Gasteiger partial charge in [0.2, 0.25) is 0 Å². The third-order valence-corrected chi connectivity index (χ3v) is 5.12. The van der Waals surface area contributed by atoms with E-state index in [2.05, 4.69) is 21.6 Å². The van der Waals surface area contributed by atoms with E-state index in [1.54, 1.807) is 12.1 Å². The van der Waals surface area contributed by atoms with Crippen molar-refractivity contribution in [2.75, 3.05) is 50.7 Å². The second kappa shape index (κ2) is 7.42. The lowest BCUT2D eigenvalue weighted by Crippen LogP contribution is -2.53. The number of benzene rings is 1. The molecule has 0 bridgehead atoms. The summed E-state index contributed by atoms with van der Waals surface area (Å²) in [6.07, 6.45) is 3.90. The molecule has 0 radical (unpaired) electrons. The van der Waals surface area contributed by atoms with Crippen molar-refractivity contribution in [3.8, 4) is 0 Å².